The van der Waals surface area contributed by atoms with Gasteiger partial charge >= 0.3 is 0 Å². The van der Waals surface area contributed by atoms with E-state index in [1.807, 2.05) is 0 Å². The van der Waals surface area contributed by atoms with Gasteiger partial charge in [-0.15, -0.1) is 0 Å². The second-order valence-electron chi connectivity index (χ2n) is 8.19. The lowest BCUT2D eigenvalue weighted by Gasteiger charge is -2.59. The Kier molecular flexibility index (Phi) is 4.42. The predicted molar refractivity (Wildman–Crippen MR) is 85.6 cm³/mol. The third-order valence-corrected chi connectivity index (χ3v) is 6.41. The van der Waals surface area contributed by atoms with Crippen LogP contribution >= 0.6 is 0 Å². The Hall–Kier alpha value is -0.0800. The average Bonchev–Trinajstić information content (AvgIpc) is 2.37. The van der Waals surface area contributed by atoms with Crippen LogP contribution in [0.2, 0.25) is 0 Å². The zero-order valence-corrected chi connectivity index (χ0v) is 13.6. The second-order valence-corrected chi connectivity index (χ2v) is 8.19. The topological polar surface area (TPSA) is 29.3 Å². The summed E-state index contributed by atoms with van der Waals surface area (Å²) in [6.45, 7) is 8.19. The quantitative estimate of drug-likeness (QED) is 0.770. The third kappa shape index (κ3) is 2.78. The normalized spacial score (nSPS) is 40.5. The Morgan fingerprint density at radius 2 is 1.40 bits per heavy atom. The van der Waals surface area contributed by atoms with E-state index in [2.05, 4.69) is 18.7 Å². The molecule has 2 nitrogen and oxygen atoms in total. The zero-order chi connectivity index (χ0) is 14.2. The van der Waals surface area contributed by atoms with Crippen LogP contribution in [0, 0.1) is 23.2 Å². The standard InChI is InChI=1S/C18H34N2/c1-3-5-20(6-4-2)13-17(19)18-10-14-7-15(11-18)9-16(8-14)12-18/h14-17H,3-13,19H2,1-2H3. The summed E-state index contributed by atoms with van der Waals surface area (Å²) < 4.78 is 0. The van der Waals surface area contributed by atoms with Crippen LogP contribution in [0.15, 0.2) is 0 Å². The Labute approximate surface area is 125 Å². The largest absolute Gasteiger partial charge is 0.326 e. The fourth-order valence-corrected chi connectivity index (χ4v) is 6.03. The van der Waals surface area contributed by atoms with Crippen molar-refractivity contribution in [2.75, 3.05) is 19.6 Å². The molecule has 1 unspecified atom stereocenters. The molecule has 0 saturated heterocycles. The molecule has 0 aromatic heterocycles. The van der Waals surface area contributed by atoms with Crippen molar-refractivity contribution in [3.63, 3.8) is 0 Å². The fraction of sp³-hybridized carbons (Fsp3) is 1.00. The van der Waals surface area contributed by atoms with E-state index in [4.69, 9.17) is 5.73 Å². The highest BCUT2D eigenvalue weighted by atomic mass is 15.1. The maximum atomic E-state index is 6.79. The van der Waals surface area contributed by atoms with Crippen LogP contribution in [0.5, 0.6) is 0 Å². The molecule has 0 aromatic rings. The summed E-state index contributed by atoms with van der Waals surface area (Å²) in [6.07, 6.45) is 11.4. The number of hydrogen-bond donors (Lipinski definition) is 1. The molecule has 2 N–H and O–H groups in total. The van der Waals surface area contributed by atoms with Crippen molar-refractivity contribution in [3.05, 3.63) is 0 Å². The summed E-state index contributed by atoms with van der Waals surface area (Å²) in [5, 5.41) is 0. The maximum Gasteiger partial charge on any atom is 0.0225 e. The molecule has 0 heterocycles. The van der Waals surface area contributed by atoms with E-state index in [1.54, 1.807) is 0 Å². The van der Waals surface area contributed by atoms with E-state index in [0.717, 1.165) is 24.3 Å². The smallest absolute Gasteiger partial charge is 0.0225 e. The zero-order valence-electron chi connectivity index (χ0n) is 13.6. The minimum absolute atomic E-state index is 0.425. The lowest BCUT2D eigenvalue weighted by Crippen LogP contribution is -2.57. The molecular formula is C18H34N2. The highest BCUT2D eigenvalue weighted by Gasteiger charge is 2.53. The molecule has 2 heteroatoms. The van der Waals surface area contributed by atoms with E-state index in [0.29, 0.717) is 11.5 Å². The molecule has 0 aromatic carbocycles. The van der Waals surface area contributed by atoms with Crippen LogP contribution in [-0.2, 0) is 0 Å². The second kappa shape index (κ2) is 5.96. The van der Waals surface area contributed by atoms with Gasteiger partial charge in [-0.1, -0.05) is 13.8 Å². The van der Waals surface area contributed by atoms with Crippen molar-refractivity contribution in [1.82, 2.24) is 4.90 Å². The molecule has 4 bridgehead atoms. The highest BCUT2D eigenvalue weighted by Crippen LogP contribution is 2.61. The Morgan fingerprint density at radius 1 is 0.950 bits per heavy atom. The Bertz CT molecular complexity index is 284. The summed E-state index contributed by atoms with van der Waals surface area (Å²) in [5.74, 6) is 3.08. The SMILES string of the molecule is CCCN(CCC)CC(N)C12CC3CC(CC(C3)C1)C2. The van der Waals surface area contributed by atoms with Gasteiger partial charge in [0.15, 0.2) is 0 Å². The summed E-state index contributed by atoms with van der Waals surface area (Å²) in [5.41, 5.74) is 7.31. The van der Waals surface area contributed by atoms with Crippen LogP contribution < -0.4 is 5.73 Å². The molecule has 0 aliphatic heterocycles. The predicted octanol–water partition coefficient (Wildman–Crippen LogP) is 3.65. The van der Waals surface area contributed by atoms with Gasteiger partial charge in [0, 0.05) is 12.6 Å². The van der Waals surface area contributed by atoms with Gasteiger partial charge in [-0.05, 0) is 87.6 Å². The van der Waals surface area contributed by atoms with Gasteiger partial charge in [0.1, 0.15) is 0 Å². The number of hydrogen-bond acceptors (Lipinski definition) is 2. The van der Waals surface area contributed by atoms with Crippen molar-refractivity contribution in [3.8, 4) is 0 Å². The molecule has 4 rings (SSSR count). The lowest BCUT2D eigenvalue weighted by atomic mass is 9.48. The van der Waals surface area contributed by atoms with Crippen LogP contribution in [0.1, 0.15) is 65.2 Å². The van der Waals surface area contributed by atoms with E-state index in [1.165, 1.54) is 64.5 Å². The summed E-state index contributed by atoms with van der Waals surface area (Å²) in [4.78, 5) is 2.63. The molecule has 0 amide bonds. The monoisotopic (exact) mass is 278 g/mol. The third-order valence-electron chi connectivity index (χ3n) is 6.41. The van der Waals surface area contributed by atoms with Gasteiger partial charge in [0.2, 0.25) is 0 Å². The molecular weight excluding hydrogens is 244 g/mol. The molecule has 4 fully saturated rings. The van der Waals surface area contributed by atoms with Gasteiger partial charge in [0.05, 0.1) is 0 Å². The summed E-state index contributed by atoms with van der Waals surface area (Å²) >= 11 is 0. The minimum Gasteiger partial charge on any atom is -0.326 e. The highest BCUT2D eigenvalue weighted by molar-refractivity contribution is 5.06. The Morgan fingerprint density at radius 3 is 1.80 bits per heavy atom. The van der Waals surface area contributed by atoms with E-state index < -0.39 is 0 Å². The lowest BCUT2D eigenvalue weighted by molar-refractivity contribution is -0.0714. The Balaban J connectivity index is 1.65. The van der Waals surface area contributed by atoms with Gasteiger partial charge in [-0.2, -0.15) is 0 Å². The number of nitrogens with zero attached hydrogens (tertiary/aromatic N) is 1. The average molecular weight is 278 g/mol. The fourth-order valence-electron chi connectivity index (χ4n) is 6.03. The van der Waals surface area contributed by atoms with E-state index in [9.17, 15) is 0 Å². The molecule has 0 radical (unpaired) electrons. The van der Waals surface area contributed by atoms with Crippen molar-refractivity contribution >= 4 is 0 Å². The van der Waals surface area contributed by atoms with Crippen molar-refractivity contribution in [2.24, 2.45) is 28.9 Å². The minimum atomic E-state index is 0.425. The van der Waals surface area contributed by atoms with Gasteiger partial charge < -0.3 is 10.6 Å². The molecule has 116 valence electrons. The van der Waals surface area contributed by atoms with Gasteiger partial charge in [-0.3, -0.25) is 0 Å². The van der Waals surface area contributed by atoms with Crippen molar-refractivity contribution in [1.29, 1.82) is 0 Å². The van der Waals surface area contributed by atoms with E-state index in [-0.39, 0.29) is 0 Å². The van der Waals surface area contributed by atoms with Gasteiger partial charge in [0.25, 0.3) is 0 Å². The van der Waals surface area contributed by atoms with Gasteiger partial charge in [-0.25, -0.2) is 0 Å². The van der Waals surface area contributed by atoms with Crippen LogP contribution in [0.4, 0.5) is 0 Å². The molecule has 20 heavy (non-hydrogen) atoms. The first-order valence-corrected chi connectivity index (χ1v) is 9.13. The first kappa shape index (κ1) is 14.8. The first-order valence-electron chi connectivity index (χ1n) is 9.13. The first-order chi connectivity index (χ1) is 9.65. The van der Waals surface area contributed by atoms with Crippen LogP contribution in [0.25, 0.3) is 0 Å². The molecule has 1 atom stereocenters. The molecule has 4 aliphatic carbocycles. The summed E-state index contributed by atoms with van der Waals surface area (Å²) in [7, 11) is 0. The van der Waals surface area contributed by atoms with Crippen LogP contribution in [0.3, 0.4) is 0 Å². The molecule has 0 spiro atoms. The summed E-state index contributed by atoms with van der Waals surface area (Å²) in [6, 6.07) is 0.425. The molecule has 4 aliphatic rings. The number of rotatable bonds is 7. The van der Waals surface area contributed by atoms with E-state index >= 15 is 0 Å². The van der Waals surface area contributed by atoms with Crippen LogP contribution in [-0.4, -0.2) is 30.6 Å². The van der Waals surface area contributed by atoms with Crippen molar-refractivity contribution < 1.29 is 0 Å². The number of nitrogens with two attached hydrogens (primary N) is 1. The van der Waals surface area contributed by atoms with Crippen molar-refractivity contribution in [2.45, 2.75) is 71.3 Å². The molecule has 4 saturated carbocycles. The maximum absolute atomic E-state index is 6.79.